The third kappa shape index (κ3) is 6.07. The van der Waals surface area contributed by atoms with Gasteiger partial charge in [-0.1, -0.05) is 23.7 Å². The van der Waals surface area contributed by atoms with Gasteiger partial charge in [-0.15, -0.1) is 0 Å². The van der Waals surface area contributed by atoms with Crippen LogP contribution >= 0.6 is 11.6 Å². The number of hydrogen-bond donors (Lipinski definition) is 1. The van der Waals surface area contributed by atoms with Crippen LogP contribution in [0.5, 0.6) is 5.75 Å². The number of benzene rings is 2. The Labute approximate surface area is 160 Å². The highest BCUT2D eigenvalue weighted by Gasteiger charge is 2.19. The van der Waals surface area contributed by atoms with Crippen molar-refractivity contribution in [2.24, 2.45) is 0 Å². The van der Waals surface area contributed by atoms with Gasteiger partial charge < -0.3 is 14.8 Å². The van der Waals surface area contributed by atoms with Gasteiger partial charge in [0.2, 0.25) is 0 Å². The molecule has 6 nitrogen and oxygen atoms in total. The summed E-state index contributed by atoms with van der Waals surface area (Å²) in [6.07, 6.45) is -1.17. The number of halogens is 2. The second kappa shape index (κ2) is 9.14. The number of anilines is 1. The standard InChI is InChI=1S/C19H17ClFNO5/c1-11(23)13-4-3-5-15(8-13)26-10-18(24)27-12(2)19(25)22-17-7-6-14(20)9-16(17)21/h3-9,12H,10H2,1-2H3,(H,22,25)/t12-/m1/s1. The van der Waals surface area contributed by atoms with E-state index in [1.165, 1.54) is 32.0 Å². The third-order valence-corrected chi connectivity index (χ3v) is 3.70. The van der Waals surface area contributed by atoms with Gasteiger partial charge in [0.05, 0.1) is 5.69 Å². The Morgan fingerprint density at radius 1 is 1.19 bits per heavy atom. The monoisotopic (exact) mass is 393 g/mol. The molecule has 0 aliphatic rings. The highest BCUT2D eigenvalue weighted by molar-refractivity contribution is 6.30. The van der Waals surface area contributed by atoms with E-state index in [0.717, 1.165) is 6.07 Å². The predicted octanol–water partition coefficient (Wildman–Crippen LogP) is 3.63. The van der Waals surface area contributed by atoms with E-state index in [1.54, 1.807) is 18.2 Å². The van der Waals surface area contributed by atoms with Crippen LogP contribution in [0, 0.1) is 5.82 Å². The molecule has 0 aromatic heterocycles. The van der Waals surface area contributed by atoms with Crippen LogP contribution in [0.1, 0.15) is 24.2 Å². The van der Waals surface area contributed by atoms with Crippen molar-refractivity contribution in [3.8, 4) is 5.75 Å². The van der Waals surface area contributed by atoms with Crippen molar-refractivity contribution < 1.29 is 28.2 Å². The minimum Gasteiger partial charge on any atom is -0.482 e. The van der Waals surface area contributed by atoms with Crippen molar-refractivity contribution in [2.45, 2.75) is 20.0 Å². The molecule has 0 aliphatic heterocycles. The SMILES string of the molecule is CC(=O)c1cccc(OCC(=O)O[C@H](C)C(=O)Nc2ccc(Cl)cc2F)c1. The van der Waals surface area contributed by atoms with Crippen molar-refractivity contribution in [2.75, 3.05) is 11.9 Å². The fourth-order valence-corrected chi connectivity index (χ4v) is 2.22. The molecule has 0 saturated carbocycles. The average molecular weight is 394 g/mol. The number of ketones is 1. The zero-order chi connectivity index (χ0) is 20.0. The zero-order valence-corrected chi connectivity index (χ0v) is 15.4. The van der Waals surface area contributed by atoms with E-state index in [9.17, 15) is 18.8 Å². The molecular weight excluding hydrogens is 377 g/mol. The Hall–Kier alpha value is -2.93. The topological polar surface area (TPSA) is 81.7 Å². The van der Waals surface area contributed by atoms with Crippen LogP contribution in [-0.2, 0) is 14.3 Å². The summed E-state index contributed by atoms with van der Waals surface area (Å²) in [5, 5.41) is 2.50. The molecule has 0 heterocycles. The highest BCUT2D eigenvalue weighted by atomic mass is 35.5. The molecule has 0 bridgehead atoms. The molecule has 0 saturated heterocycles. The first-order valence-corrected chi connectivity index (χ1v) is 8.33. The van der Waals surface area contributed by atoms with Crippen LogP contribution < -0.4 is 10.1 Å². The van der Waals surface area contributed by atoms with Gasteiger partial charge in [-0.25, -0.2) is 9.18 Å². The lowest BCUT2D eigenvalue weighted by Gasteiger charge is -2.14. The maximum atomic E-state index is 13.7. The molecule has 8 heteroatoms. The van der Waals surface area contributed by atoms with Crippen molar-refractivity contribution >= 4 is 34.9 Å². The highest BCUT2D eigenvalue weighted by Crippen LogP contribution is 2.19. The van der Waals surface area contributed by atoms with E-state index in [1.807, 2.05) is 0 Å². The molecule has 0 aliphatic carbocycles. The quantitative estimate of drug-likeness (QED) is 0.573. The summed E-state index contributed by atoms with van der Waals surface area (Å²) in [7, 11) is 0. The molecule has 0 radical (unpaired) electrons. The zero-order valence-electron chi connectivity index (χ0n) is 14.6. The Balaban J connectivity index is 1.86. The maximum Gasteiger partial charge on any atom is 0.344 e. The Bertz CT molecular complexity index is 871. The van der Waals surface area contributed by atoms with Gasteiger partial charge in [0.15, 0.2) is 18.5 Å². The number of amides is 1. The molecule has 0 fully saturated rings. The fraction of sp³-hybridized carbons (Fsp3) is 0.211. The first kappa shape index (κ1) is 20.4. The van der Waals surface area contributed by atoms with E-state index >= 15 is 0 Å². The van der Waals surface area contributed by atoms with Crippen molar-refractivity contribution in [1.29, 1.82) is 0 Å². The van der Waals surface area contributed by atoms with E-state index in [-0.39, 0.29) is 16.5 Å². The molecule has 1 amide bonds. The van der Waals surface area contributed by atoms with Gasteiger partial charge in [-0.05, 0) is 44.2 Å². The summed E-state index contributed by atoms with van der Waals surface area (Å²) in [5.74, 6) is -2.02. The van der Waals surface area contributed by atoms with Crippen LogP contribution in [0.25, 0.3) is 0 Å². The van der Waals surface area contributed by atoms with Gasteiger partial charge in [0.1, 0.15) is 11.6 Å². The van der Waals surface area contributed by atoms with Gasteiger partial charge >= 0.3 is 5.97 Å². The number of Topliss-reactive ketones (excluding diaryl/α,β-unsaturated/α-hetero) is 1. The second-order valence-corrected chi connectivity index (χ2v) is 6.05. The average Bonchev–Trinajstić information content (AvgIpc) is 2.62. The van der Waals surface area contributed by atoms with Crippen LogP contribution in [0.15, 0.2) is 42.5 Å². The summed E-state index contributed by atoms with van der Waals surface area (Å²) in [4.78, 5) is 35.2. The first-order chi connectivity index (χ1) is 12.8. The van der Waals surface area contributed by atoms with E-state index in [0.29, 0.717) is 11.3 Å². The summed E-state index contributed by atoms with van der Waals surface area (Å²) in [6.45, 7) is 2.31. The van der Waals surface area contributed by atoms with E-state index in [4.69, 9.17) is 21.1 Å². The Kier molecular flexibility index (Phi) is 6.90. The number of carbonyl (C=O) groups is 3. The third-order valence-electron chi connectivity index (χ3n) is 3.46. The number of ether oxygens (including phenoxy) is 2. The lowest BCUT2D eigenvalue weighted by molar-refractivity contribution is -0.155. The summed E-state index contributed by atoms with van der Waals surface area (Å²) in [5.41, 5.74) is 0.364. The summed E-state index contributed by atoms with van der Waals surface area (Å²) < 4.78 is 23.9. The fourth-order valence-electron chi connectivity index (χ4n) is 2.06. The minimum absolute atomic E-state index is 0.0791. The molecular formula is C19H17ClFNO5. The predicted molar refractivity (Wildman–Crippen MR) is 97.5 cm³/mol. The normalized spacial score (nSPS) is 11.4. The maximum absolute atomic E-state index is 13.7. The molecule has 142 valence electrons. The molecule has 2 aromatic carbocycles. The van der Waals surface area contributed by atoms with Gasteiger partial charge in [-0.2, -0.15) is 0 Å². The summed E-state index contributed by atoms with van der Waals surface area (Å²) >= 11 is 5.64. The number of carbonyl (C=O) groups excluding carboxylic acids is 3. The number of rotatable bonds is 7. The van der Waals surface area contributed by atoms with Crippen molar-refractivity contribution in [3.05, 3.63) is 58.9 Å². The van der Waals surface area contributed by atoms with E-state index < -0.39 is 30.4 Å². The first-order valence-electron chi connectivity index (χ1n) is 7.95. The van der Waals surface area contributed by atoms with Crippen LogP contribution in [0.3, 0.4) is 0 Å². The molecule has 1 atom stereocenters. The second-order valence-electron chi connectivity index (χ2n) is 5.62. The molecule has 27 heavy (non-hydrogen) atoms. The smallest absolute Gasteiger partial charge is 0.344 e. The number of hydrogen-bond acceptors (Lipinski definition) is 5. The Morgan fingerprint density at radius 3 is 2.59 bits per heavy atom. The van der Waals surface area contributed by atoms with Crippen LogP contribution in [0.4, 0.5) is 10.1 Å². The van der Waals surface area contributed by atoms with Crippen LogP contribution in [0.2, 0.25) is 5.02 Å². The lowest BCUT2D eigenvalue weighted by Crippen LogP contribution is -2.32. The molecule has 1 N–H and O–H groups in total. The van der Waals surface area contributed by atoms with E-state index in [2.05, 4.69) is 5.32 Å². The van der Waals surface area contributed by atoms with Gasteiger partial charge in [-0.3, -0.25) is 9.59 Å². The van der Waals surface area contributed by atoms with Gasteiger partial charge in [0, 0.05) is 10.6 Å². The lowest BCUT2D eigenvalue weighted by atomic mass is 10.1. The Morgan fingerprint density at radius 2 is 1.93 bits per heavy atom. The molecule has 0 spiro atoms. The number of nitrogens with one attached hydrogen (secondary N) is 1. The van der Waals surface area contributed by atoms with Crippen molar-refractivity contribution in [1.82, 2.24) is 0 Å². The minimum atomic E-state index is -1.17. The number of esters is 1. The molecule has 0 unspecified atom stereocenters. The largest absolute Gasteiger partial charge is 0.482 e. The van der Waals surface area contributed by atoms with Gasteiger partial charge in [0.25, 0.3) is 5.91 Å². The molecule has 2 aromatic rings. The summed E-state index contributed by atoms with van der Waals surface area (Å²) in [6, 6.07) is 10.1. The van der Waals surface area contributed by atoms with Crippen LogP contribution in [-0.4, -0.2) is 30.4 Å². The molecule has 2 rings (SSSR count). The van der Waals surface area contributed by atoms with Crippen molar-refractivity contribution in [3.63, 3.8) is 0 Å².